The second kappa shape index (κ2) is 7.12. The van der Waals surface area contributed by atoms with E-state index in [9.17, 15) is 0 Å². The average molecular weight is 329 g/mol. The van der Waals surface area contributed by atoms with Gasteiger partial charge in [0, 0.05) is 0 Å². The third kappa shape index (κ3) is 3.41. The molecule has 0 aliphatic heterocycles. The maximum atomic E-state index is 4.38. The average Bonchev–Trinajstić information content (AvgIpc) is 2.68. The van der Waals surface area contributed by atoms with Gasteiger partial charge in [-0.1, -0.05) is 0 Å². The van der Waals surface area contributed by atoms with Crippen molar-refractivity contribution in [2.45, 2.75) is 11.2 Å². The number of pyridine rings is 1. The minimum atomic E-state index is 0. The Morgan fingerprint density at radius 1 is 1.00 bits per heavy atom. The summed E-state index contributed by atoms with van der Waals surface area (Å²) in [5.41, 5.74) is 5.26. The molecule has 19 heavy (non-hydrogen) atoms. The van der Waals surface area contributed by atoms with Crippen molar-refractivity contribution in [1.29, 1.82) is 0 Å². The Kier molecular flexibility index (Phi) is 6.10. The number of benzene rings is 1. The summed E-state index contributed by atoms with van der Waals surface area (Å²) in [5.74, 6) is 0. The first kappa shape index (κ1) is 16.3. The van der Waals surface area contributed by atoms with E-state index in [2.05, 4.69) is 57.7 Å². The Morgan fingerprint density at radius 3 is 2.42 bits per heavy atom. The van der Waals surface area contributed by atoms with Gasteiger partial charge in [-0.3, -0.25) is 0 Å². The summed E-state index contributed by atoms with van der Waals surface area (Å²) in [7, 11) is 0. The SMILES string of the molecule is [Cl-].[Cl-].[Cr+2][CH]1C(Cc2ccccn2)=Cc2ccccc21. The summed E-state index contributed by atoms with van der Waals surface area (Å²) in [4.78, 5) is 4.38. The van der Waals surface area contributed by atoms with Gasteiger partial charge in [0.2, 0.25) is 0 Å². The van der Waals surface area contributed by atoms with E-state index in [0.29, 0.717) is 4.78 Å². The van der Waals surface area contributed by atoms with E-state index >= 15 is 0 Å². The number of rotatable bonds is 2. The molecule has 1 nitrogen and oxygen atoms in total. The van der Waals surface area contributed by atoms with E-state index in [0.717, 1.165) is 12.1 Å². The van der Waals surface area contributed by atoms with Crippen molar-refractivity contribution in [1.82, 2.24) is 4.98 Å². The summed E-state index contributed by atoms with van der Waals surface area (Å²) >= 11 is 3.27. The van der Waals surface area contributed by atoms with E-state index in [1.807, 2.05) is 18.3 Å². The number of fused-ring (bicyclic) bond motifs is 1. The van der Waals surface area contributed by atoms with E-state index in [1.54, 1.807) is 0 Å². The van der Waals surface area contributed by atoms with Crippen LogP contribution in [0.3, 0.4) is 0 Å². The van der Waals surface area contributed by atoms with Crippen molar-refractivity contribution < 1.29 is 41.1 Å². The Morgan fingerprint density at radius 2 is 1.74 bits per heavy atom. The fraction of sp³-hybridized carbons (Fsp3) is 0.133. The Bertz CT molecular complexity index is 569. The summed E-state index contributed by atoms with van der Waals surface area (Å²) in [5, 5.41) is 0. The molecule has 1 heterocycles. The Hall–Kier alpha value is -0.778. The molecule has 0 radical (unpaired) electrons. The van der Waals surface area contributed by atoms with Crippen molar-refractivity contribution >= 4 is 6.08 Å². The van der Waals surface area contributed by atoms with Crippen molar-refractivity contribution in [3.05, 3.63) is 71.1 Å². The van der Waals surface area contributed by atoms with Gasteiger partial charge in [0.1, 0.15) is 0 Å². The number of hydrogen-bond donors (Lipinski definition) is 0. The Labute approximate surface area is 134 Å². The molecule has 0 saturated carbocycles. The van der Waals surface area contributed by atoms with Crippen molar-refractivity contribution in [2.75, 3.05) is 0 Å². The summed E-state index contributed by atoms with van der Waals surface area (Å²) in [6, 6.07) is 14.6. The van der Waals surface area contributed by atoms with E-state index in [1.165, 1.54) is 16.7 Å². The van der Waals surface area contributed by atoms with Crippen LogP contribution in [0.25, 0.3) is 6.08 Å². The standard InChI is InChI=1S/C15H12N.2ClH.Cr/c1-2-6-14-10-12(9-13(14)5-1)11-15-7-3-4-8-16-15;;;/h1-10H,11H2;2*1H;/q;;;+2/p-2. The van der Waals surface area contributed by atoms with Crippen LogP contribution in [0.5, 0.6) is 0 Å². The van der Waals surface area contributed by atoms with E-state index in [4.69, 9.17) is 0 Å². The topological polar surface area (TPSA) is 12.9 Å². The van der Waals surface area contributed by atoms with Gasteiger partial charge in [-0.15, -0.1) is 0 Å². The summed E-state index contributed by atoms with van der Waals surface area (Å²) in [6.45, 7) is 0. The van der Waals surface area contributed by atoms with Gasteiger partial charge in [0.05, 0.1) is 0 Å². The monoisotopic (exact) mass is 328 g/mol. The molecular weight excluding hydrogens is 317 g/mol. The molecule has 1 atom stereocenters. The molecule has 2 aromatic rings. The van der Waals surface area contributed by atoms with Gasteiger partial charge in [0.15, 0.2) is 0 Å². The zero-order chi connectivity index (χ0) is 11.7. The number of hydrogen-bond acceptors (Lipinski definition) is 1. The van der Waals surface area contributed by atoms with Gasteiger partial charge in [-0.05, 0) is 0 Å². The summed E-state index contributed by atoms with van der Waals surface area (Å²) < 4.78 is 0.396. The van der Waals surface area contributed by atoms with Crippen LogP contribution < -0.4 is 24.8 Å². The van der Waals surface area contributed by atoms with E-state index < -0.39 is 0 Å². The third-order valence-electron chi connectivity index (χ3n) is 3.07. The van der Waals surface area contributed by atoms with Crippen LogP contribution in [0.4, 0.5) is 0 Å². The van der Waals surface area contributed by atoms with Crippen molar-refractivity contribution in [3.8, 4) is 0 Å². The molecule has 97 valence electrons. The van der Waals surface area contributed by atoms with Crippen LogP contribution in [0.1, 0.15) is 21.6 Å². The molecule has 1 aliphatic rings. The molecule has 1 aliphatic carbocycles. The number of allylic oxidation sites excluding steroid dienone is 1. The van der Waals surface area contributed by atoms with Crippen molar-refractivity contribution in [3.63, 3.8) is 0 Å². The van der Waals surface area contributed by atoms with Gasteiger partial charge < -0.3 is 24.8 Å². The third-order valence-corrected chi connectivity index (χ3v) is 3.94. The predicted octanol–water partition coefficient (Wildman–Crippen LogP) is -2.68. The quantitative estimate of drug-likeness (QED) is 0.585. The molecule has 0 saturated heterocycles. The Balaban J connectivity index is 0.000000902. The normalized spacial score (nSPS) is 15.7. The number of nitrogens with zero attached hydrogens (tertiary/aromatic N) is 1. The first-order chi connectivity index (χ1) is 8.34. The fourth-order valence-corrected chi connectivity index (χ4v) is 2.78. The van der Waals surface area contributed by atoms with Crippen LogP contribution in [0.15, 0.2) is 54.2 Å². The van der Waals surface area contributed by atoms with Crippen LogP contribution in [0.2, 0.25) is 0 Å². The second-order valence-corrected chi connectivity index (χ2v) is 4.96. The molecule has 3 rings (SSSR count). The van der Waals surface area contributed by atoms with Crippen molar-refractivity contribution in [2.24, 2.45) is 0 Å². The molecule has 1 unspecified atom stereocenters. The van der Waals surface area contributed by atoms with E-state index in [-0.39, 0.29) is 24.8 Å². The molecule has 0 bridgehead atoms. The summed E-state index contributed by atoms with van der Waals surface area (Å²) in [6.07, 6.45) is 5.06. The molecule has 0 amide bonds. The first-order valence-electron chi connectivity index (χ1n) is 5.70. The zero-order valence-electron chi connectivity index (χ0n) is 10.1. The second-order valence-electron chi connectivity index (χ2n) is 4.23. The van der Waals surface area contributed by atoms with Crippen LogP contribution in [-0.2, 0) is 22.7 Å². The molecule has 0 N–H and O–H groups in total. The number of halogens is 2. The fourth-order valence-electron chi connectivity index (χ4n) is 2.21. The molecule has 0 fully saturated rings. The van der Waals surface area contributed by atoms with Gasteiger partial charge in [-0.25, -0.2) is 0 Å². The molecule has 1 aromatic heterocycles. The van der Waals surface area contributed by atoms with Gasteiger partial charge >= 0.3 is 110 Å². The number of aromatic nitrogens is 1. The molecular formula is C15H12Cl2CrN. The van der Waals surface area contributed by atoms with Crippen LogP contribution in [0, 0.1) is 0 Å². The zero-order valence-corrected chi connectivity index (χ0v) is 12.9. The first-order valence-corrected chi connectivity index (χ1v) is 6.43. The van der Waals surface area contributed by atoms with Gasteiger partial charge in [-0.2, -0.15) is 0 Å². The maximum absolute atomic E-state index is 4.38. The molecule has 0 spiro atoms. The van der Waals surface area contributed by atoms with Crippen LogP contribution >= 0.6 is 0 Å². The predicted molar refractivity (Wildman–Crippen MR) is 65.1 cm³/mol. The minimum absolute atomic E-state index is 0. The molecule has 4 heteroatoms. The van der Waals surface area contributed by atoms with Gasteiger partial charge in [0.25, 0.3) is 0 Å². The molecule has 1 aromatic carbocycles. The van der Waals surface area contributed by atoms with Crippen LogP contribution in [-0.4, -0.2) is 4.98 Å².